The molecule has 0 fully saturated rings. The lowest BCUT2D eigenvalue weighted by Crippen LogP contribution is -2.23. The van der Waals surface area contributed by atoms with Crippen LogP contribution in [0.2, 0.25) is 0 Å². The molecule has 0 spiro atoms. The zero-order valence-electron chi connectivity index (χ0n) is 9.73. The highest BCUT2D eigenvalue weighted by Crippen LogP contribution is 2.04. The summed E-state index contributed by atoms with van der Waals surface area (Å²) >= 11 is 0. The Kier molecular flexibility index (Phi) is 4.92. The Hall–Kier alpha value is -1.42. The minimum absolute atomic E-state index is 0.0305. The van der Waals surface area contributed by atoms with Gasteiger partial charge in [0.15, 0.2) is 0 Å². The highest BCUT2D eigenvalue weighted by Gasteiger charge is 2.04. The number of aromatic nitrogens is 1. The van der Waals surface area contributed by atoms with Gasteiger partial charge < -0.3 is 10.4 Å². The third-order valence-corrected chi connectivity index (χ3v) is 2.40. The van der Waals surface area contributed by atoms with E-state index in [1.807, 2.05) is 13.0 Å². The average molecular weight is 222 g/mol. The van der Waals surface area contributed by atoms with E-state index in [-0.39, 0.29) is 5.91 Å². The van der Waals surface area contributed by atoms with Crippen LogP contribution in [0.3, 0.4) is 0 Å². The molecule has 4 nitrogen and oxygen atoms in total. The molecule has 0 aliphatic heterocycles. The van der Waals surface area contributed by atoms with Gasteiger partial charge >= 0.3 is 0 Å². The number of rotatable bonds is 5. The molecule has 1 rings (SSSR count). The van der Waals surface area contributed by atoms with E-state index in [2.05, 4.69) is 10.3 Å². The first-order valence-corrected chi connectivity index (χ1v) is 5.44. The van der Waals surface area contributed by atoms with Crippen LogP contribution in [0.25, 0.3) is 0 Å². The van der Waals surface area contributed by atoms with E-state index in [1.54, 1.807) is 19.3 Å². The SMILES string of the molecule is Cc1cnccc1CNC(=O)CCC(C)O. The fourth-order valence-electron chi connectivity index (χ4n) is 1.32. The topological polar surface area (TPSA) is 62.2 Å². The lowest BCUT2D eigenvalue weighted by atomic mass is 10.1. The maximum atomic E-state index is 11.4. The Labute approximate surface area is 95.7 Å². The molecule has 88 valence electrons. The van der Waals surface area contributed by atoms with Crippen molar-refractivity contribution in [3.63, 3.8) is 0 Å². The molecule has 1 aromatic rings. The maximum absolute atomic E-state index is 11.4. The van der Waals surface area contributed by atoms with Gasteiger partial charge in [-0.3, -0.25) is 9.78 Å². The third-order valence-electron chi connectivity index (χ3n) is 2.40. The van der Waals surface area contributed by atoms with Gasteiger partial charge in [0.1, 0.15) is 0 Å². The summed E-state index contributed by atoms with van der Waals surface area (Å²) in [5.74, 6) is -0.0305. The van der Waals surface area contributed by atoms with Crippen molar-refractivity contribution in [2.24, 2.45) is 0 Å². The Bertz CT molecular complexity index is 351. The number of nitrogens with one attached hydrogen (secondary N) is 1. The van der Waals surface area contributed by atoms with Crippen LogP contribution in [-0.4, -0.2) is 22.1 Å². The van der Waals surface area contributed by atoms with Crippen LogP contribution in [0.15, 0.2) is 18.5 Å². The fourth-order valence-corrected chi connectivity index (χ4v) is 1.32. The standard InChI is InChI=1S/C12H18N2O2/c1-9-7-13-6-5-11(9)8-14-12(16)4-3-10(2)15/h5-7,10,15H,3-4,8H2,1-2H3,(H,14,16). The first-order valence-electron chi connectivity index (χ1n) is 5.44. The average Bonchev–Trinajstić information content (AvgIpc) is 2.25. The Morgan fingerprint density at radius 1 is 1.62 bits per heavy atom. The first-order chi connectivity index (χ1) is 7.59. The summed E-state index contributed by atoms with van der Waals surface area (Å²) in [6.45, 7) is 4.16. The highest BCUT2D eigenvalue weighted by atomic mass is 16.3. The summed E-state index contributed by atoms with van der Waals surface area (Å²) in [6.07, 6.45) is 3.93. The van der Waals surface area contributed by atoms with Crippen molar-refractivity contribution < 1.29 is 9.90 Å². The second kappa shape index (κ2) is 6.23. The van der Waals surface area contributed by atoms with Gasteiger partial charge in [0, 0.05) is 25.4 Å². The van der Waals surface area contributed by atoms with Crippen LogP contribution in [-0.2, 0) is 11.3 Å². The number of pyridine rings is 1. The molecule has 0 aromatic carbocycles. The van der Waals surface area contributed by atoms with Gasteiger partial charge in [-0.25, -0.2) is 0 Å². The van der Waals surface area contributed by atoms with E-state index in [9.17, 15) is 4.79 Å². The number of hydrogen-bond donors (Lipinski definition) is 2. The number of aliphatic hydroxyl groups is 1. The van der Waals surface area contributed by atoms with E-state index < -0.39 is 6.10 Å². The van der Waals surface area contributed by atoms with E-state index in [0.717, 1.165) is 11.1 Å². The minimum atomic E-state index is -0.423. The molecular weight excluding hydrogens is 204 g/mol. The molecule has 0 aliphatic rings. The molecule has 0 aliphatic carbocycles. The molecule has 1 amide bonds. The summed E-state index contributed by atoms with van der Waals surface area (Å²) in [6, 6.07) is 1.89. The van der Waals surface area contributed by atoms with E-state index >= 15 is 0 Å². The lowest BCUT2D eigenvalue weighted by Gasteiger charge is -2.08. The Balaban J connectivity index is 2.35. The molecule has 4 heteroatoms. The molecule has 16 heavy (non-hydrogen) atoms. The van der Waals surface area contributed by atoms with Gasteiger partial charge in [0.25, 0.3) is 0 Å². The van der Waals surface area contributed by atoms with Gasteiger partial charge in [-0.1, -0.05) is 0 Å². The zero-order valence-corrected chi connectivity index (χ0v) is 9.73. The van der Waals surface area contributed by atoms with Crippen molar-refractivity contribution >= 4 is 5.91 Å². The smallest absolute Gasteiger partial charge is 0.220 e. The predicted octanol–water partition coefficient (Wildman–Crippen LogP) is 1.17. The van der Waals surface area contributed by atoms with Crippen molar-refractivity contribution in [2.75, 3.05) is 0 Å². The number of carbonyl (C=O) groups excluding carboxylic acids is 1. The van der Waals surface area contributed by atoms with Gasteiger partial charge in [0.2, 0.25) is 5.91 Å². The van der Waals surface area contributed by atoms with Crippen LogP contribution in [0.5, 0.6) is 0 Å². The molecule has 0 radical (unpaired) electrons. The first kappa shape index (κ1) is 12.6. The number of aliphatic hydroxyl groups excluding tert-OH is 1. The summed E-state index contributed by atoms with van der Waals surface area (Å²) in [5, 5.41) is 11.9. The van der Waals surface area contributed by atoms with Crippen LogP contribution in [0.1, 0.15) is 30.9 Å². The van der Waals surface area contributed by atoms with Crippen molar-refractivity contribution in [1.82, 2.24) is 10.3 Å². The largest absolute Gasteiger partial charge is 0.393 e. The number of nitrogens with zero attached hydrogens (tertiary/aromatic N) is 1. The monoisotopic (exact) mass is 222 g/mol. The maximum Gasteiger partial charge on any atom is 0.220 e. The number of aryl methyl sites for hydroxylation is 1. The normalized spacial score (nSPS) is 12.2. The molecule has 1 atom stereocenters. The van der Waals surface area contributed by atoms with Crippen LogP contribution in [0, 0.1) is 6.92 Å². The second-order valence-corrected chi connectivity index (χ2v) is 3.97. The second-order valence-electron chi connectivity index (χ2n) is 3.97. The lowest BCUT2D eigenvalue weighted by molar-refractivity contribution is -0.121. The van der Waals surface area contributed by atoms with Crippen molar-refractivity contribution in [3.05, 3.63) is 29.6 Å². The molecular formula is C12H18N2O2. The minimum Gasteiger partial charge on any atom is -0.393 e. The van der Waals surface area contributed by atoms with Gasteiger partial charge in [-0.05, 0) is 37.5 Å². The Morgan fingerprint density at radius 2 is 2.38 bits per heavy atom. The summed E-state index contributed by atoms with van der Waals surface area (Å²) < 4.78 is 0. The number of hydrogen-bond acceptors (Lipinski definition) is 3. The van der Waals surface area contributed by atoms with Gasteiger partial charge in [-0.2, -0.15) is 0 Å². The zero-order chi connectivity index (χ0) is 12.0. The molecule has 1 unspecified atom stereocenters. The molecule has 0 saturated heterocycles. The number of amides is 1. The summed E-state index contributed by atoms with van der Waals surface area (Å²) in [5.41, 5.74) is 2.14. The fraction of sp³-hybridized carbons (Fsp3) is 0.500. The molecule has 0 saturated carbocycles. The van der Waals surface area contributed by atoms with E-state index in [1.165, 1.54) is 0 Å². The number of carbonyl (C=O) groups is 1. The van der Waals surface area contributed by atoms with E-state index in [4.69, 9.17) is 5.11 Å². The summed E-state index contributed by atoms with van der Waals surface area (Å²) in [4.78, 5) is 15.4. The van der Waals surface area contributed by atoms with E-state index in [0.29, 0.717) is 19.4 Å². The van der Waals surface area contributed by atoms with Gasteiger partial charge in [-0.15, -0.1) is 0 Å². The predicted molar refractivity (Wildman–Crippen MR) is 61.7 cm³/mol. The molecule has 2 N–H and O–H groups in total. The van der Waals surface area contributed by atoms with Crippen LogP contribution < -0.4 is 5.32 Å². The van der Waals surface area contributed by atoms with Crippen molar-refractivity contribution in [3.8, 4) is 0 Å². The molecule has 0 bridgehead atoms. The molecule has 1 aromatic heterocycles. The highest BCUT2D eigenvalue weighted by molar-refractivity contribution is 5.75. The van der Waals surface area contributed by atoms with Crippen LogP contribution >= 0.6 is 0 Å². The Morgan fingerprint density at radius 3 is 3.00 bits per heavy atom. The molecule has 1 heterocycles. The van der Waals surface area contributed by atoms with Crippen molar-refractivity contribution in [1.29, 1.82) is 0 Å². The van der Waals surface area contributed by atoms with Crippen LogP contribution in [0.4, 0.5) is 0 Å². The summed E-state index contributed by atoms with van der Waals surface area (Å²) in [7, 11) is 0. The van der Waals surface area contributed by atoms with Gasteiger partial charge in [0.05, 0.1) is 6.10 Å². The quantitative estimate of drug-likeness (QED) is 0.786. The third kappa shape index (κ3) is 4.40. The van der Waals surface area contributed by atoms with Crippen molar-refractivity contribution in [2.45, 2.75) is 39.3 Å².